The van der Waals surface area contributed by atoms with Gasteiger partial charge in [0.15, 0.2) is 5.82 Å². The predicted octanol–water partition coefficient (Wildman–Crippen LogP) is 4.93. The lowest BCUT2D eigenvalue weighted by molar-refractivity contribution is -0.0204. The Morgan fingerprint density at radius 2 is 1.92 bits per heavy atom. The molecule has 0 N–H and O–H groups in total. The van der Waals surface area contributed by atoms with E-state index in [1.54, 1.807) is 20.5 Å². The number of benzene rings is 1. The molecule has 0 bridgehead atoms. The van der Waals surface area contributed by atoms with E-state index in [0.29, 0.717) is 35.1 Å². The molecule has 6 heterocycles. The minimum absolute atomic E-state index is 0.113. The number of anilines is 1. The van der Waals surface area contributed by atoms with Gasteiger partial charge in [0.1, 0.15) is 29.1 Å². The number of carbonyl (C=O) groups is 1. The number of carbonyl (C=O) groups excluding carboxylic acids is 1. The number of amides is 1. The fourth-order valence-corrected chi connectivity index (χ4v) is 9.21. The van der Waals surface area contributed by atoms with Crippen LogP contribution in [-0.2, 0) is 13.1 Å². The standard InChI is InChI=1S/C37H39N9O2/c1-38-13-27-14-39-20-41-34(27)43-15-22(16-43)18-46-33-28(42-36(46)30-10-23-4-3-7-40-35(23)44(30)17-21-5-6-21)9-25(12-31(33)48-2)37(47)45-19-26-8-24-11-29(45)32(24)26/h3-4,7,9-10,12-14,20-22,24,26,29,32H,5-6,8,11,15-19H2,1-2H3/b38-13+/t24?,26?,29?,32-/m1/s1. The maximum atomic E-state index is 14.1. The van der Waals surface area contributed by atoms with Gasteiger partial charge in [-0.3, -0.25) is 9.79 Å². The molecule has 2 aliphatic heterocycles. The molecule has 5 aromatic rings. The number of likely N-dealkylation sites (tertiary alicyclic amines) is 1. The van der Waals surface area contributed by atoms with Crippen molar-refractivity contribution < 1.29 is 9.53 Å². The van der Waals surface area contributed by atoms with Gasteiger partial charge in [0, 0.05) is 81.3 Å². The Morgan fingerprint density at radius 3 is 2.71 bits per heavy atom. The Labute approximate surface area is 278 Å². The van der Waals surface area contributed by atoms with Gasteiger partial charge >= 0.3 is 0 Å². The van der Waals surface area contributed by atoms with Crippen LogP contribution in [0.5, 0.6) is 5.75 Å². The van der Waals surface area contributed by atoms with Crippen LogP contribution in [-0.4, -0.2) is 85.9 Å². The average molecular weight is 642 g/mol. The van der Waals surface area contributed by atoms with Crippen LogP contribution < -0.4 is 9.64 Å². The van der Waals surface area contributed by atoms with Crippen LogP contribution in [0.15, 0.2) is 54.0 Å². The molecule has 1 aromatic carbocycles. The molecular weight excluding hydrogens is 602 g/mol. The highest BCUT2D eigenvalue weighted by Gasteiger charge is 2.61. The normalized spacial score (nSPS) is 24.6. The molecule has 48 heavy (non-hydrogen) atoms. The van der Waals surface area contributed by atoms with Gasteiger partial charge in [0.2, 0.25) is 0 Å². The molecule has 2 saturated heterocycles. The first kappa shape index (κ1) is 28.2. The number of rotatable bonds is 9. The van der Waals surface area contributed by atoms with Gasteiger partial charge in [0.25, 0.3) is 5.91 Å². The van der Waals surface area contributed by atoms with E-state index in [0.717, 1.165) is 95.9 Å². The number of imidazole rings is 1. The Balaban J connectivity index is 1.06. The summed E-state index contributed by atoms with van der Waals surface area (Å²) in [5, 5.41) is 1.11. The fraction of sp³-hybridized carbons (Fsp3) is 0.459. The van der Waals surface area contributed by atoms with Gasteiger partial charge in [-0.2, -0.15) is 0 Å². The number of ether oxygens (including phenoxy) is 1. The number of aromatic nitrogens is 6. The first-order valence-corrected chi connectivity index (χ1v) is 17.4. The van der Waals surface area contributed by atoms with Crippen LogP contribution in [0, 0.1) is 29.6 Å². The maximum absolute atomic E-state index is 14.1. The van der Waals surface area contributed by atoms with Crippen LogP contribution in [0.1, 0.15) is 41.6 Å². The molecular formula is C37H39N9O2. The van der Waals surface area contributed by atoms with Crippen LogP contribution in [0.4, 0.5) is 5.82 Å². The average Bonchev–Trinajstić information content (AvgIpc) is 3.72. The van der Waals surface area contributed by atoms with Crippen molar-refractivity contribution in [3.8, 4) is 17.3 Å². The third-order valence-corrected chi connectivity index (χ3v) is 11.8. The first-order chi connectivity index (χ1) is 23.6. The summed E-state index contributed by atoms with van der Waals surface area (Å²) in [5.74, 6) is 5.88. The van der Waals surface area contributed by atoms with Crippen molar-refractivity contribution in [2.45, 2.75) is 44.8 Å². The molecule has 4 aromatic heterocycles. The molecule has 11 nitrogen and oxygen atoms in total. The monoisotopic (exact) mass is 641 g/mol. The lowest BCUT2D eigenvalue weighted by Crippen LogP contribution is -2.53. The number of hydrogen-bond acceptors (Lipinski definition) is 8. The summed E-state index contributed by atoms with van der Waals surface area (Å²) in [6, 6.07) is 10.7. The van der Waals surface area contributed by atoms with E-state index in [1.807, 2.05) is 36.8 Å². The molecule has 0 radical (unpaired) electrons. The van der Waals surface area contributed by atoms with Crippen molar-refractivity contribution in [2.24, 2.45) is 34.6 Å². The second-order valence-corrected chi connectivity index (χ2v) is 14.6. The highest BCUT2D eigenvalue weighted by atomic mass is 16.5. The molecule has 1 amide bonds. The highest BCUT2D eigenvalue weighted by Crippen LogP contribution is 2.60. The number of pyridine rings is 1. The number of methoxy groups -OCH3 is 1. The van der Waals surface area contributed by atoms with Crippen LogP contribution in [0.3, 0.4) is 0 Å². The molecule has 10 rings (SSSR count). The minimum atomic E-state index is 0.113. The molecule has 0 spiro atoms. The van der Waals surface area contributed by atoms with Gasteiger partial charge < -0.3 is 23.7 Å². The van der Waals surface area contributed by atoms with E-state index >= 15 is 0 Å². The Kier molecular flexibility index (Phi) is 6.24. The maximum Gasteiger partial charge on any atom is 0.254 e. The number of aliphatic imine (C=N–C) groups is 1. The molecule has 4 atom stereocenters. The molecule has 5 aliphatic rings. The fourth-order valence-electron chi connectivity index (χ4n) is 9.21. The molecule has 244 valence electrons. The SMILES string of the molecule is C/N=C/c1cncnc1N1CC(Cn2c(-c3cc4cccnc4n3CC3CC3)nc3cc(C(=O)N4CC5CC6CC4[C@H]65)cc(OC)c32)C1. The van der Waals surface area contributed by atoms with E-state index in [2.05, 4.69) is 46.0 Å². The third-order valence-electron chi connectivity index (χ3n) is 11.8. The van der Waals surface area contributed by atoms with E-state index < -0.39 is 0 Å². The number of nitrogens with zero attached hydrogens (tertiary/aromatic N) is 9. The van der Waals surface area contributed by atoms with Crippen molar-refractivity contribution in [2.75, 3.05) is 38.7 Å². The smallest absolute Gasteiger partial charge is 0.254 e. The largest absolute Gasteiger partial charge is 0.494 e. The quantitative estimate of drug-likeness (QED) is 0.210. The van der Waals surface area contributed by atoms with Crippen molar-refractivity contribution in [1.82, 2.24) is 34.0 Å². The Morgan fingerprint density at radius 1 is 1.04 bits per heavy atom. The van der Waals surface area contributed by atoms with Gasteiger partial charge in [0.05, 0.1) is 23.9 Å². The van der Waals surface area contributed by atoms with Crippen molar-refractivity contribution in [3.63, 3.8) is 0 Å². The van der Waals surface area contributed by atoms with E-state index in [4.69, 9.17) is 14.7 Å². The van der Waals surface area contributed by atoms with Gasteiger partial charge in [-0.25, -0.2) is 19.9 Å². The summed E-state index contributed by atoms with van der Waals surface area (Å²) in [5.41, 5.74) is 5.38. The second-order valence-electron chi connectivity index (χ2n) is 14.6. The zero-order chi connectivity index (χ0) is 32.1. The summed E-state index contributed by atoms with van der Waals surface area (Å²) in [6.45, 7) is 4.27. The predicted molar refractivity (Wildman–Crippen MR) is 184 cm³/mol. The minimum Gasteiger partial charge on any atom is -0.494 e. The zero-order valence-corrected chi connectivity index (χ0v) is 27.4. The number of hydrogen-bond donors (Lipinski definition) is 0. The summed E-state index contributed by atoms with van der Waals surface area (Å²) < 4.78 is 10.8. The summed E-state index contributed by atoms with van der Waals surface area (Å²) in [6.07, 6.45) is 12.0. The van der Waals surface area contributed by atoms with Crippen LogP contribution in [0.25, 0.3) is 33.6 Å². The lowest BCUT2D eigenvalue weighted by Gasteiger charge is -2.52. The Bertz CT molecular complexity index is 2120. The van der Waals surface area contributed by atoms with E-state index in [9.17, 15) is 4.79 Å². The number of fused-ring (bicyclic) bond motifs is 2. The van der Waals surface area contributed by atoms with Gasteiger partial charge in [-0.05, 0) is 79.7 Å². The highest BCUT2D eigenvalue weighted by molar-refractivity contribution is 6.00. The molecule has 3 saturated carbocycles. The van der Waals surface area contributed by atoms with Crippen molar-refractivity contribution in [3.05, 3.63) is 60.2 Å². The van der Waals surface area contributed by atoms with Gasteiger partial charge in [-0.15, -0.1) is 0 Å². The third kappa shape index (κ3) is 4.25. The van der Waals surface area contributed by atoms with Gasteiger partial charge in [-0.1, -0.05) is 0 Å². The summed E-state index contributed by atoms with van der Waals surface area (Å²) >= 11 is 0. The van der Waals surface area contributed by atoms with Crippen molar-refractivity contribution in [1.29, 1.82) is 0 Å². The van der Waals surface area contributed by atoms with E-state index in [-0.39, 0.29) is 5.91 Å². The second kappa shape index (κ2) is 10.6. The molecule has 11 heteroatoms. The van der Waals surface area contributed by atoms with E-state index in [1.165, 1.54) is 19.3 Å². The molecule has 3 aliphatic carbocycles. The van der Waals surface area contributed by atoms with Crippen LogP contribution >= 0.6 is 0 Å². The summed E-state index contributed by atoms with van der Waals surface area (Å²) in [4.78, 5) is 41.6. The Hall–Kier alpha value is -4.80. The van der Waals surface area contributed by atoms with Crippen molar-refractivity contribution >= 4 is 40.0 Å². The first-order valence-electron chi connectivity index (χ1n) is 17.4. The lowest BCUT2D eigenvalue weighted by atomic mass is 9.53. The topological polar surface area (TPSA) is 107 Å². The zero-order valence-electron chi connectivity index (χ0n) is 27.4. The van der Waals surface area contributed by atoms with Crippen LogP contribution in [0.2, 0.25) is 0 Å². The molecule has 3 unspecified atom stereocenters. The summed E-state index contributed by atoms with van der Waals surface area (Å²) in [7, 11) is 3.47. The molecule has 5 fully saturated rings.